The van der Waals surface area contributed by atoms with Gasteiger partial charge in [0.05, 0.1) is 6.07 Å². The smallest absolute Gasteiger partial charge is 0.133 e. The Labute approximate surface area is 86.8 Å². The minimum atomic E-state index is -10.8. The van der Waals surface area contributed by atoms with E-state index in [0.29, 0.717) is 0 Å². The van der Waals surface area contributed by atoms with E-state index < -0.39 is 8.63 Å². The first-order chi connectivity index (χ1) is 6.24. The number of benzene rings is 1. The molecular formula is C6H12F6N2OSi. The minimum absolute atomic E-state index is 0. The van der Waals surface area contributed by atoms with Gasteiger partial charge in [0.25, 0.3) is 0 Å². The number of quaternary nitrogens is 2. The van der Waals surface area contributed by atoms with Crippen molar-refractivity contribution in [2.24, 2.45) is 0 Å². The second kappa shape index (κ2) is 4.05. The molecule has 16 heavy (non-hydrogen) atoms. The summed E-state index contributed by atoms with van der Waals surface area (Å²) in [6.45, 7) is 0. The van der Waals surface area contributed by atoms with Crippen LogP contribution >= 0.6 is 0 Å². The Balaban J connectivity index is 0. The zero-order chi connectivity index (χ0) is 12.4. The summed E-state index contributed by atoms with van der Waals surface area (Å²) >= 11 is 0. The van der Waals surface area contributed by atoms with Crippen molar-refractivity contribution in [3.05, 3.63) is 24.3 Å². The molecule has 0 amide bonds. The molecule has 1 rings (SSSR count). The van der Waals surface area contributed by atoms with E-state index in [-0.39, 0.29) is 5.48 Å². The van der Waals surface area contributed by atoms with Gasteiger partial charge in [0.1, 0.15) is 11.4 Å². The van der Waals surface area contributed by atoms with Crippen LogP contribution in [0.25, 0.3) is 0 Å². The molecule has 0 heterocycles. The maximum absolute atomic E-state index is 10.8. The Bertz CT molecular complexity index is 321. The summed E-state index contributed by atoms with van der Waals surface area (Å²) in [6.07, 6.45) is 0. The molecule has 0 saturated carbocycles. The average molecular weight is 270 g/mol. The predicted octanol–water partition coefficient (Wildman–Crippen LogP) is 0.749. The fraction of sp³-hybridized carbons (Fsp3) is 0. The molecule has 0 unspecified atom stereocenters. The van der Waals surface area contributed by atoms with Crippen LogP contribution in [0, 0.1) is 0 Å². The zero-order valence-corrected chi connectivity index (χ0v) is 8.99. The van der Waals surface area contributed by atoms with Gasteiger partial charge in [-0.05, 0) is 12.1 Å². The molecule has 0 aliphatic heterocycles. The summed E-state index contributed by atoms with van der Waals surface area (Å²) in [5.41, 5.74) is 9.53. The van der Waals surface area contributed by atoms with Crippen molar-refractivity contribution in [1.82, 2.24) is 0 Å². The number of rotatable bonds is 0. The van der Waals surface area contributed by atoms with Gasteiger partial charge >= 0.3 is 33.3 Å². The van der Waals surface area contributed by atoms with Gasteiger partial charge in [-0.2, -0.15) is 0 Å². The molecule has 98 valence electrons. The molecular weight excluding hydrogens is 258 g/mol. The first kappa shape index (κ1) is 17.3. The average Bonchev–Trinajstić information content (AvgIpc) is 1.77. The third kappa shape index (κ3) is 23.1. The molecule has 8 N–H and O–H groups in total. The number of hydrogen-bond donors (Lipinski definition) is 2. The molecule has 3 nitrogen and oxygen atoms in total. The predicted molar refractivity (Wildman–Crippen MR) is 47.6 cm³/mol. The van der Waals surface area contributed by atoms with E-state index in [0.717, 1.165) is 11.4 Å². The summed E-state index contributed by atoms with van der Waals surface area (Å²) in [5.74, 6) is 0. The van der Waals surface area contributed by atoms with Gasteiger partial charge in [0.15, 0.2) is 0 Å². The van der Waals surface area contributed by atoms with Crippen LogP contribution in [-0.2, 0) is 0 Å². The topological polar surface area (TPSA) is 86.8 Å². The maximum Gasteiger partial charge on any atom is 0.133 e. The summed E-state index contributed by atoms with van der Waals surface area (Å²) in [4.78, 5) is 0. The zero-order valence-electron chi connectivity index (χ0n) is 7.99. The molecule has 0 bridgehead atoms. The van der Waals surface area contributed by atoms with Gasteiger partial charge < -0.3 is 16.9 Å². The van der Waals surface area contributed by atoms with E-state index in [1.54, 1.807) is 0 Å². The van der Waals surface area contributed by atoms with Gasteiger partial charge in [-0.25, -0.2) is 0 Å². The molecule has 0 aliphatic rings. The van der Waals surface area contributed by atoms with Crippen LogP contribution in [0.3, 0.4) is 0 Å². The third-order valence-corrected chi connectivity index (χ3v) is 0.991. The Hall–Kier alpha value is -1.10. The van der Waals surface area contributed by atoms with Gasteiger partial charge in [-0.3, -0.25) is 0 Å². The van der Waals surface area contributed by atoms with Crippen LogP contribution in [0.2, 0.25) is 0 Å². The molecule has 0 fully saturated rings. The van der Waals surface area contributed by atoms with Crippen LogP contribution in [0.1, 0.15) is 0 Å². The fourth-order valence-corrected chi connectivity index (χ4v) is 0.630. The van der Waals surface area contributed by atoms with Crippen molar-refractivity contribution >= 4 is 20.0 Å². The summed E-state index contributed by atoms with van der Waals surface area (Å²) in [5, 5.41) is 0. The first-order valence-electron chi connectivity index (χ1n) is 3.66. The molecule has 0 aliphatic carbocycles. The molecule has 0 spiro atoms. The third-order valence-electron chi connectivity index (χ3n) is 0.991. The molecule has 10 heteroatoms. The van der Waals surface area contributed by atoms with Crippen molar-refractivity contribution in [3.8, 4) is 0 Å². The van der Waals surface area contributed by atoms with E-state index in [2.05, 4.69) is 11.5 Å². The van der Waals surface area contributed by atoms with Crippen LogP contribution < -0.4 is 11.5 Å². The van der Waals surface area contributed by atoms with Crippen LogP contribution in [0.5, 0.6) is 0 Å². The van der Waals surface area contributed by atoms with Crippen LogP contribution in [0.15, 0.2) is 24.3 Å². The molecule has 0 saturated heterocycles. The molecule has 1 aromatic rings. The number of halogens is 6. The quantitative estimate of drug-likeness (QED) is 0.396. The SMILES string of the molecule is F[Si-2](F)(F)(F)(F)F.O.[NH3+]c1cccc([NH3+])c1. The van der Waals surface area contributed by atoms with Crippen LogP contribution in [0.4, 0.5) is 36.0 Å². The normalized spacial score (nSPS) is 14.8. The first-order valence-corrected chi connectivity index (χ1v) is 5.93. The molecule has 1 aromatic carbocycles. The second-order valence-electron chi connectivity index (χ2n) is 2.89. The number of hydrogen-bond acceptors (Lipinski definition) is 0. The van der Waals surface area contributed by atoms with Crippen molar-refractivity contribution in [3.63, 3.8) is 0 Å². The summed E-state index contributed by atoms with van der Waals surface area (Å²) < 4.78 is 59.3. The Morgan fingerprint density at radius 2 is 1.06 bits per heavy atom. The van der Waals surface area contributed by atoms with E-state index >= 15 is 0 Å². The summed E-state index contributed by atoms with van der Waals surface area (Å²) in [7, 11) is -10.8. The largest absolute Gasteiger partial charge is 0.412 e. The van der Waals surface area contributed by atoms with E-state index in [4.69, 9.17) is 0 Å². The van der Waals surface area contributed by atoms with E-state index in [9.17, 15) is 24.6 Å². The van der Waals surface area contributed by atoms with Gasteiger partial charge in [-0.1, -0.05) is 6.07 Å². The van der Waals surface area contributed by atoms with E-state index in [1.165, 1.54) is 0 Å². The Morgan fingerprint density at radius 1 is 0.812 bits per heavy atom. The second-order valence-corrected chi connectivity index (χ2v) is 5.03. The van der Waals surface area contributed by atoms with Crippen LogP contribution in [-0.4, -0.2) is 14.1 Å². The Kier molecular flexibility index (Phi) is 4.38. The molecule has 0 atom stereocenters. The standard InChI is InChI=1S/C6H8N2.F6Si.H2O/c7-5-2-1-3-6(8)4-5;1-7(2,3,4,5)6;/h1-4H,7-8H2;;1H2/q;-2;/p+2. The Morgan fingerprint density at radius 3 is 1.19 bits per heavy atom. The maximum atomic E-state index is 9.88. The van der Waals surface area contributed by atoms with Gasteiger partial charge in [-0.15, -0.1) is 0 Å². The monoisotopic (exact) mass is 270 g/mol. The van der Waals surface area contributed by atoms with Crippen molar-refractivity contribution in [2.45, 2.75) is 0 Å². The minimum Gasteiger partial charge on any atom is -0.412 e. The summed E-state index contributed by atoms with van der Waals surface area (Å²) in [6, 6.07) is 7.80. The molecule has 0 radical (unpaired) electrons. The van der Waals surface area contributed by atoms with Crippen molar-refractivity contribution in [2.75, 3.05) is 0 Å². The van der Waals surface area contributed by atoms with E-state index in [1.807, 2.05) is 24.3 Å². The molecule has 0 aromatic heterocycles. The van der Waals surface area contributed by atoms with Crippen molar-refractivity contribution in [1.29, 1.82) is 0 Å². The van der Waals surface area contributed by atoms with Gasteiger partial charge in [0, 0.05) is 0 Å². The van der Waals surface area contributed by atoms with Crippen molar-refractivity contribution < 1.29 is 41.6 Å². The fourth-order valence-electron chi connectivity index (χ4n) is 0.630. The van der Waals surface area contributed by atoms with Gasteiger partial charge in [0.2, 0.25) is 0 Å².